The predicted molar refractivity (Wildman–Crippen MR) is 71.1 cm³/mol. The number of thiophene rings is 1. The Morgan fingerprint density at radius 1 is 1.44 bits per heavy atom. The Bertz CT molecular complexity index is 448. The summed E-state index contributed by atoms with van der Waals surface area (Å²) < 4.78 is 0. The molecule has 1 aromatic heterocycles. The predicted octanol–water partition coefficient (Wildman–Crippen LogP) is 1.62. The van der Waals surface area contributed by atoms with Crippen molar-refractivity contribution in [2.45, 2.75) is 33.4 Å². The van der Waals surface area contributed by atoms with Crippen LogP contribution < -0.4 is 5.32 Å². The van der Waals surface area contributed by atoms with Crippen molar-refractivity contribution in [2.75, 3.05) is 6.54 Å². The summed E-state index contributed by atoms with van der Waals surface area (Å²) >= 11 is 1.60. The van der Waals surface area contributed by atoms with E-state index in [2.05, 4.69) is 5.32 Å². The number of rotatable bonds is 2. The maximum absolute atomic E-state index is 12.4. The van der Waals surface area contributed by atoms with Gasteiger partial charge in [-0.25, -0.2) is 0 Å². The summed E-state index contributed by atoms with van der Waals surface area (Å²) in [5.74, 6) is -0.0680. The molecule has 5 heteroatoms. The first kappa shape index (κ1) is 13.1. The fourth-order valence-corrected chi connectivity index (χ4v) is 2.73. The first-order valence-electron chi connectivity index (χ1n) is 5.98. The smallest absolute Gasteiger partial charge is 0.246 e. The quantitative estimate of drug-likeness (QED) is 0.884. The van der Waals surface area contributed by atoms with E-state index < -0.39 is 6.04 Å². The van der Waals surface area contributed by atoms with Crippen molar-refractivity contribution in [3.05, 3.63) is 22.4 Å². The molecule has 0 spiro atoms. The van der Waals surface area contributed by atoms with Crippen LogP contribution in [-0.4, -0.2) is 29.3 Å². The van der Waals surface area contributed by atoms with Crippen molar-refractivity contribution < 1.29 is 9.59 Å². The molecule has 18 heavy (non-hydrogen) atoms. The van der Waals surface area contributed by atoms with E-state index in [-0.39, 0.29) is 23.8 Å². The second kappa shape index (κ2) is 4.72. The highest BCUT2D eigenvalue weighted by molar-refractivity contribution is 7.09. The molecule has 1 saturated heterocycles. The lowest BCUT2D eigenvalue weighted by Gasteiger charge is -2.38. The molecule has 4 nitrogen and oxygen atoms in total. The van der Waals surface area contributed by atoms with E-state index in [1.807, 2.05) is 38.3 Å². The number of amides is 2. The highest BCUT2D eigenvalue weighted by Gasteiger charge is 2.39. The highest BCUT2D eigenvalue weighted by atomic mass is 32.1. The summed E-state index contributed by atoms with van der Waals surface area (Å²) in [6, 6.07) is 3.51. The molecule has 2 heterocycles. The van der Waals surface area contributed by atoms with E-state index in [0.717, 1.165) is 4.88 Å². The Hall–Kier alpha value is -1.36. The molecule has 1 N–H and O–H groups in total. The van der Waals surface area contributed by atoms with Crippen molar-refractivity contribution in [3.63, 3.8) is 0 Å². The summed E-state index contributed by atoms with van der Waals surface area (Å²) in [7, 11) is 0. The highest BCUT2D eigenvalue weighted by Crippen LogP contribution is 2.24. The summed E-state index contributed by atoms with van der Waals surface area (Å²) in [5, 5.41) is 4.77. The number of nitrogens with one attached hydrogen (secondary N) is 1. The number of hydrogen-bond acceptors (Lipinski definition) is 3. The maximum Gasteiger partial charge on any atom is 0.246 e. The molecule has 0 aliphatic carbocycles. The molecule has 1 aromatic rings. The number of carbonyl (C=O) groups excluding carboxylic acids is 2. The average molecular weight is 266 g/mol. The van der Waals surface area contributed by atoms with Crippen LogP contribution in [0.3, 0.4) is 0 Å². The van der Waals surface area contributed by atoms with Gasteiger partial charge in [0.05, 0.1) is 13.1 Å². The van der Waals surface area contributed by atoms with E-state index in [1.165, 1.54) is 0 Å². The van der Waals surface area contributed by atoms with Gasteiger partial charge in [0.1, 0.15) is 6.04 Å². The van der Waals surface area contributed by atoms with Gasteiger partial charge < -0.3 is 10.2 Å². The fourth-order valence-electron chi connectivity index (χ4n) is 2.01. The van der Waals surface area contributed by atoms with Crippen LogP contribution in [0.1, 0.15) is 25.6 Å². The molecule has 0 radical (unpaired) electrons. The van der Waals surface area contributed by atoms with Gasteiger partial charge >= 0.3 is 0 Å². The Labute approximate surface area is 111 Å². The zero-order valence-corrected chi connectivity index (χ0v) is 11.7. The second-order valence-corrected chi connectivity index (χ2v) is 6.67. The van der Waals surface area contributed by atoms with Crippen LogP contribution in [0, 0.1) is 5.41 Å². The minimum absolute atomic E-state index is 0.00972. The van der Waals surface area contributed by atoms with Gasteiger partial charge in [-0.15, -0.1) is 11.3 Å². The van der Waals surface area contributed by atoms with E-state index in [1.54, 1.807) is 16.2 Å². The Kier molecular flexibility index (Phi) is 3.43. The summed E-state index contributed by atoms with van der Waals surface area (Å²) in [4.78, 5) is 26.8. The molecule has 1 aliphatic rings. The van der Waals surface area contributed by atoms with Gasteiger partial charge in [-0.3, -0.25) is 9.59 Å². The third-order valence-electron chi connectivity index (χ3n) is 2.99. The Balaban J connectivity index is 2.15. The standard InChI is InChI=1S/C13H18N2O2S/c1-13(2,3)11-12(17)15(8-10(16)14-11)7-9-5-4-6-18-9/h4-6,11H,7-8H2,1-3H3,(H,14,16). The summed E-state index contributed by atoms with van der Waals surface area (Å²) in [6.45, 7) is 6.57. The zero-order chi connectivity index (χ0) is 13.3. The normalized spacial score (nSPS) is 21.1. The first-order valence-corrected chi connectivity index (χ1v) is 6.86. The molecule has 1 atom stereocenters. The minimum atomic E-state index is -0.432. The monoisotopic (exact) mass is 266 g/mol. The van der Waals surface area contributed by atoms with Crippen molar-refractivity contribution in [3.8, 4) is 0 Å². The van der Waals surface area contributed by atoms with Gasteiger partial charge in [-0.1, -0.05) is 26.8 Å². The van der Waals surface area contributed by atoms with Gasteiger partial charge in [0.25, 0.3) is 0 Å². The molecule has 2 amide bonds. The van der Waals surface area contributed by atoms with Crippen molar-refractivity contribution in [1.29, 1.82) is 0 Å². The van der Waals surface area contributed by atoms with Crippen LogP contribution in [0.5, 0.6) is 0 Å². The number of nitrogens with zero attached hydrogens (tertiary/aromatic N) is 1. The van der Waals surface area contributed by atoms with Crippen molar-refractivity contribution >= 4 is 23.2 Å². The Morgan fingerprint density at radius 3 is 2.72 bits per heavy atom. The molecule has 98 valence electrons. The van der Waals surface area contributed by atoms with Gasteiger partial charge in [0.15, 0.2) is 0 Å². The molecular weight excluding hydrogens is 248 g/mol. The summed E-state index contributed by atoms with van der Waals surface area (Å²) in [5.41, 5.74) is -0.263. The lowest BCUT2D eigenvalue weighted by molar-refractivity contribution is -0.147. The number of hydrogen-bond donors (Lipinski definition) is 1. The van der Waals surface area contributed by atoms with Gasteiger partial charge in [-0.2, -0.15) is 0 Å². The third-order valence-corrected chi connectivity index (χ3v) is 3.85. The minimum Gasteiger partial charge on any atom is -0.342 e. The SMILES string of the molecule is CC(C)(C)C1NC(=O)CN(Cc2cccs2)C1=O. The molecule has 0 saturated carbocycles. The van der Waals surface area contributed by atoms with E-state index in [0.29, 0.717) is 6.54 Å². The van der Waals surface area contributed by atoms with Crippen molar-refractivity contribution in [2.24, 2.45) is 5.41 Å². The van der Waals surface area contributed by atoms with Crippen LogP contribution in [0.25, 0.3) is 0 Å². The lowest BCUT2D eigenvalue weighted by atomic mass is 9.85. The third kappa shape index (κ3) is 2.72. The van der Waals surface area contributed by atoms with Gasteiger partial charge in [0, 0.05) is 4.88 Å². The maximum atomic E-state index is 12.4. The topological polar surface area (TPSA) is 49.4 Å². The summed E-state index contributed by atoms with van der Waals surface area (Å²) in [6.07, 6.45) is 0. The van der Waals surface area contributed by atoms with Gasteiger partial charge in [0.2, 0.25) is 11.8 Å². The molecule has 1 unspecified atom stereocenters. The van der Waals surface area contributed by atoms with Crippen LogP contribution in [-0.2, 0) is 16.1 Å². The molecule has 1 aliphatic heterocycles. The van der Waals surface area contributed by atoms with Gasteiger partial charge in [-0.05, 0) is 16.9 Å². The van der Waals surface area contributed by atoms with E-state index in [9.17, 15) is 9.59 Å². The molecule has 0 aromatic carbocycles. The first-order chi connectivity index (χ1) is 8.38. The molecule has 2 rings (SSSR count). The van der Waals surface area contributed by atoms with E-state index >= 15 is 0 Å². The van der Waals surface area contributed by atoms with Crippen molar-refractivity contribution in [1.82, 2.24) is 10.2 Å². The second-order valence-electron chi connectivity index (χ2n) is 5.64. The van der Waals surface area contributed by atoms with E-state index in [4.69, 9.17) is 0 Å². The number of carbonyl (C=O) groups is 2. The van der Waals surface area contributed by atoms with Crippen LogP contribution in [0.4, 0.5) is 0 Å². The molecule has 1 fully saturated rings. The largest absolute Gasteiger partial charge is 0.342 e. The molecule has 0 bridgehead atoms. The fraction of sp³-hybridized carbons (Fsp3) is 0.538. The van der Waals surface area contributed by atoms with Crippen LogP contribution >= 0.6 is 11.3 Å². The lowest BCUT2D eigenvalue weighted by Crippen LogP contribution is -2.61. The average Bonchev–Trinajstić information content (AvgIpc) is 2.74. The zero-order valence-electron chi connectivity index (χ0n) is 10.9. The number of piperazine rings is 1. The van der Waals surface area contributed by atoms with Crippen LogP contribution in [0.2, 0.25) is 0 Å². The van der Waals surface area contributed by atoms with Crippen LogP contribution in [0.15, 0.2) is 17.5 Å². The molecular formula is C13H18N2O2S. The Morgan fingerprint density at radius 2 is 2.17 bits per heavy atom.